The number of carbonyl (C=O) groups excluding carboxylic acids is 1. The molecule has 0 aliphatic carbocycles. The summed E-state index contributed by atoms with van der Waals surface area (Å²) in [6.45, 7) is 4.27. The number of anilines is 1. The summed E-state index contributed by atoms with van der Waals surface area (Å²) >= 11 is 1.50. The number of ether oxygens (including phenoxy) is 2. The van der Waals surface area contributed by atoms with Gasteiger partial charge < -0.3 is 9.47 Å². The van der Waals surface area contributed by atoms with Crippen LogP contribution in [0, 0.1) is 13.8 Å². The number of methoxy groups -OCH3 is 1. The molecule has 0 saturated heterocycles. The molecule has 0 fully saturated rings. The van der Waals surface area contributed by atoms with E-state index in [1.807, 2.05) is 37.3 Å². The highest BCUT2D eigenvalue weighted by Crippen LogP contribution is 2.33. The van der Waals surface area contributed by atoms with E-state index in [4.69, 9.17) is 14.5 Å². The Balaban J connectivity index is 1.64. The summed E-state index contributed by atoms with van der Waals surface area (Å²) in [6, 6.07) is 17.1. The van der Waals surface area contributed by atoms with E-state index in [-0.39, 0.29) is 12.5 Å². The number of thiazole rings is 1. The van der Waals surface area contributed by atoms with Crippen LogP contribution in [0.25, 0.3) is 10.2 Å². The molecule has 158 valence electrons. The van der Waals surface area contributed by atoms with Crippen molar-refractivity contribution in [1.29, 1.82) is 0 Å². The molecule has 0 unspecified atom stereocenters. The van der Waals surface area contributed by atoms with Crippen molar-refractivity contribution < 1.29 is 14.3 Å². The molecule has 0 spiro atoms. The van der Waals surface area contributed by atoms with E-state index >= 15 is 0 Å². The molecule has 0 atom stereocenters. The topological polar surface area (TPSA) is 64.6 Å². The van der Waals surface area contributed by atoms with Crippen LogP contribution in [0.5, 0.6) is 11.5 Å². The number of para-hydroxylation sites is 2. The first-order valence-corrected chi connectivity index (χ1v) is 10.7. The molecule has 4 rings (SSSR count). The van der Waals surface area contributed by atoms with Crippen LogP contribution in [0.4, 0.5) is 5.13 Å². The maximum absolute atomic E-state index is 13.2. The number of carbonyl (C=O) groups is 1. The molecule has 1 amide bonds. The Hall–Kier alpha value is -3.45. The van der Waals surface area contributed by atoms with Gasteiger partial charge in [-0.25, -0.2) is 4.98 Å². The van der Waals surface area contributed by atoms with Crippen molar-refractivity contribution in [1.82, 2.24) is 9.97 Å². The third-order valence-electron chi connectivity index (χ3n) is 4.82. The average Bonchev–Trinajstić information content (AvgIpc) is 3.20. The van der Waals surface area contributed by atoms with Crippen molar-refractivity contribution in [2.24, 2.45) is 0 Å². The van der Waals surface area contributed by atoms with Gasteiger partial charge in [0.25, 0.3) is 5.91 Å². The second-order valence-electron chi connectivity index (χ2n) is 7.17. The second-order valence-corrected chi connectivity index (χ2v) is 8.17. The summed E-state index contributed by atoms with van der Waals surface area (Å²) in [6.07, 6.45) is 1.72. The minimum Gasteiger partial charge on any atom is -0.493 e. The normalized spacial score (nSPS) is 10.8. The molecule has 0 radical (unpaired) electrons. The monoisotopic (exact) mass is 433 g/mol. The van der Waals surface area contributed by atoms with Crippen molar-refractivity contribution in [3.8, 4) is 11.5 Å². The van der Waals surface area contributed by atoms with Gasteiger partial charge in [-0.3, -0.25) is 14.7 Å². The SMILES string of the molecule is COc1ccccc1OCC(=O)N(Cc1ccccn1)c1nc2c(C)cc(C)cc2s1. The molecule has 7 heteroatoms. The number of benzene rings is 2. The first-order valence-electron chi connectivity index (χ1n) is 9.89. The molecule has 0 bridgehead atoms. The van der Waals surface area contributed by atoms with Crippen LogP contribution in [-0.4, -0.2) is 29.6 Å². The van der Waals surface area contributed by atoms with E-state index < -0.39 is 0 Å². The number of pyridine rings is 1. The Morgan fingerprint density at radius 1 is 1.06 bits per heavy atom. The third kappa shape index (κ3) is 4.67. The standard InChI is InChI=1S/C24H23N3O3S/c1-16-12-17(2)23-21(13-16)31-24(26-23)27(14-18-8-6-7-11-25-18)22(28)15-30-20-10-5-4-9-19(20)29-3/h4-13H,14-15H2,1-3H3. The van der Waals surface area contributed by atoms with Gasteiger partial charge in [0.15, 0.2) is 23.2 Å². The van der Waals surface area contributed by atoms with Gasteiger partial charge in [-0.05, 0) is 55.3 Å². The zero-order chi connectivity index (χ0) is 21.8. The third-order valence-corrected chi connectivity index (χ3v) is 5.84. The first-order chi connectivity index (χ1) is 15.0. The van der Waals surface area contributed by atoms with E-state index in [0.717, 1.165) is 21.5 Å². The quantitative estimate of drug-likeness (QED) is 0.414. The number of fused-ring (bicyclic) bond motifs is 1. The van der Waals surface area contributed by atoms with Crippen molar-refractivity contribution >= 4 is 32.6 Å². The van der Waals surface area contributed by atoms with Gasteiger partial charge in [0.1, 0.15) is 0 Å². The van der Waals surface area contributed by atoms with Gasteiger partial charge in [0.2, 0.25) is 0 Å². The van der Waals surface area contributed by atoms with Gasteiger partial charge >= 0.3 is 0 Å². The van der Waals surface area contributed by atoms with Gasteiger partial charge in [-0.1, -0.05) is 35.6 Å². The molecule has 2 heterocycles. The van der Waals surface area contributed by atoms with Crippen LogP contribution in [-0.2, 0) is 11.3 Å². The minimum atomic E-state index is -0.204. The molecule has 0 saturated carbocycles. The van der Waals surface area contributed by atoms with Crippen molar-refractivity contribution in [3.63, 3.8) is 0 Å². The van der Waals surface area contributed by atoms with Crippen molar-refractivity contribution in [2.75, 3.05) is 18.6 Å². The molecule has 31 heavy (non-hydrogen) atoms. The second kappa shape index (κ2) is 9.14. The van der Waals surface area contributed by atoms with E-state index in [0.29, 0.717) is 23.2 Å². The summed E-state index contributed by atoms with van der Waals surface area (Å²) in [7, 11) is 1.57. The molecule has 0 N–H and O–H groups in total. The fourth-order valence-corrected chi connectivity index (χ4v) is 4.50. The number of aryl methyl sites for hydroxylation is 2. The molecule has 0 aliphatic rings. The highest BCUT2D eigenvalue weighted by molar-refractivity contribution is 7.22. The van der Waals surface area contributed by atoms with Gasteiger partial charge in [-0.2, -0.15) is 0 Å². The minimum absolute atomic E-state index is 0.138. The Labute approximate surface area is 185 Å². The van der Waals surface area contributed by atoms with Crippen LogP contribution in [0.2, 0.25) is 0 Å². The zero-order valence-corrected chi connectivity index (χ0v) is 18.5. The molecule has 2 aromatic heterocycles. The van der Waals surface area contributed by atoms with E-state index in [1.165, 1.54) is 16.9 Å². The van der Waals surface area contributed by atoms with E-state index in [1.54, 1.807) is 30.3 Å². The van der Waals surface area contributed by atoms with Gasteiger partial charge in [0, 0.05) is 6.20 Å². The molecule has 0 aliphatic heterocycles. The smallest absolute Gasteiger partial charge is 0.267 e. The summed E-state index contributed by atoms with van der Waals surface area (Å²) in [4.78, 5) is 24.0. The Morgan fingerprint density at radius 2 is 1.84 bits per heavy atom. The average molecular weight is 434 g/mol. The highest BCUT2D eigenvalue weighted by atomic mass is 32.1. The van der Waals surface area contributed by atoms with Crippen LogP contribution in [0.15, 0.2) is 60.8 Å². The molecule has 2 aromatic carbocycles. The van der Waals surface area contributed by atoms with Crippen LogP contribution in [0.1, 0.15) is 16.8 Å². The fourth-order valence-electron chi connectivity index (χ4n) is 3.35. The number of amides is 1. The van der Waals surface area contributed by atoms with Crippen LogP contribution >= 0.6 is 11.3 Å². The Morgan fingerprint density at radius 3 is 2.58 bits per heavy atom. The van der Waals surface area contributed by atoms with Crippen molar-refractivity contribution in [2.45, 2.75) is 20.4 Å². The molecular weight excluding hydrogens is 410 g/mol. The summed E-state index contributed by atoms with van der Waals surface area (Å²) in [5, 5.41) is 0.628. The van der Waals surface area contributed by atoms with Crippen LogP contribution in [0.3, 0.4) is 0 Å². The van der Waals surface area contributed by atoms with Crippen LogP contribution < -0.4 is 14.4 Å². The number of aromatic nitrogens is 2. The number of hydrogen-bond acceptors (Lipinski definition) is 6. The van der Waals surface area contributed by atoms with Gasteiger partial charge in [-0.15, -0.1) is 0 Å². The molecule has 6 nitrogen and oxygen atoms in total. The lowest BCUT2D eigenvalue weighted by Crippen LogP contribution is -2.34. The number of hydrogen-bond donors (Lipinski definition) is 0. The van der Waals surface area contributed by atoms with E-state index in [2.05, 4.69) is 24.0 Å². The lowest BCUT2D eigenvalue weighted by atomic mass is 10.1. The molecule has 4 aromatic rings. The maximum Gasteiger partial charge on any atom is 0.267 e. The lowest BCUT2D eigenvalue weighted by molar-refractivity contribution is -0.120. The number of rotatable bonds is 7. The van der Waals surface area contributed by atoms with E-state index in [9.17, 15) is 4.79 Å². The van der Waals surface area contributed by atoms with Crippen molar-refractivity contribution in [3.05, 3.63) is 77.6 Å². The van der Waals surface area contributed by atoms with Gasteiger partial charge in [0.05, 0.1) is 29.6 Å². The summed E-state index contributed by atoms with van der Waals surface area (Å²) < 4.78 is 12.2. The Bertz CT molecular complexity index is 1210. The summed E-state index contributed by atoms with van der Waals surface area (Å²) in [5.41, 5.74) is 3.95. The molecular formula is C24H23N3O3S. The predicted octanol–water partition coefficient (Wildman–Crippen LogP) is 4.93. The maximum atomic E-state index is 13.2. The first kappa shape index (κ1) is 20.8. The predicted molar refractivity (Wildman–Crippen MR) is 123 cm³/mol. The Kier molecular flexibility index (Phi) is 6.13. The highest BCUT2D eigenvalue weighted by Gasteiger charge is 2.22. The fraction of sp³-hybridized carbons (Fsp3) is 0.208. The number of nitrogens with zero attached hydrogens (tertiary/aromatic N) is 3. The summed E-state index contributed by atoms with van der Waals surface area (Å²) in [5.74, 6) is 0.898. The lowest BCUT2D eigenvalue weighted by Gasteiger charge is -2.20. The largest absolute Gasteiger partial charge is 0.493 e. The zero-order valence-electron chi connectivity index (χ0n) is 17.7.